The zero-order chi connectivity index (χ0) is 26.9. The molecule has 1 aromatic carbocycles. The molecule has 38 heavy (non-hydrogen) atoms. The SMILES string of the molecule is CC(C)n1nc(Nc2nccc(-c3cc(C#N)c4c(c3)C(C)(CO)CN4)n2)cc1C(=O)NC1CCOCC1. The zero-order valence-electron chi connectivity index (χ0n) is 21.8. The van der Waals surface area contributed by atoms with Gasteiger partial charge in [0.2, 0.25) is 5.95 Å². The molecule has 0 aliphatic carbocycles. The molecule has 1 saturated heterocycles. The van der Waals surface area contributed by atoms with Gasteiger partial charge >= 0.3 is 0 Å². The third-order valence-electron chi connectivity index (χ3n) is 7.12. The minimum absolute atomic E-state index is 0.0292. The normalized spacial score (nSPS) is 19.1. The topological polar surface area (TPSA) is 150 Å². The smallest absolute Gasteiger partial charge is 0.269 e. The molecule has 5 rings (SSSR count). The summed E-state index contributed by atoms with van der Waals surface area (Å²) in [4.78, 5) is 22.0. The molecular weight excluding hydrogens is 484 g/mol. The van der Waals surface area contributed by atoms with E-state index in [-0.39, 0.29) is 24.6 Å². The number of rotatable bonds is 7. The number of benzene rings is 1. The third-order valence-corrected chi connectivity index (χ3v) is 7.12. The van der Waals surface area contributed by atoms with Gasteiger partial charge < -0.3 is 25.8 Å². The lowest BCUT2D eigenvalue weighted by Crippen LogP contribution is -2.39. The fraction of sp³-hybridized carbons (Fsp3) is 0.444. The van der Waals surface area contributed by atoms with Gasteiger partial charge in [-0.05, 0) is 50.5 Å². The van der Waals surface area contributed by atoms with Crippen LogP contribution in [0.5, 0.6) is 0 Å². The van der Waals surface area contributed by atoms with Gasteiger partial charge in [-0.1, -0.05) is 6.92 Å². The molecule has 4 N–H and O–H groups in total. The number of hydrogen-bond acceptors (Lipinski definition) is 9. The summed E-state index contributed by atoms with van der Waals surface area (Å²) >= 11 is 0. The van der Waals surface area contributed by atoms with E-state index in [2.05, 4.69) is 37.1 Å². The van der Waals surface area contributed by atoms with Crippen LogP contribution in [0.25, 0.3) is 11.3 Å². The second-order valence-corrected chi connectivity index (χ2v) is 10.3. The quantitative estimate of drug-likeness (QED) is 0.371. The van der Waals surface area contributed by atoms with Gasteiger partial charge in [0.25, 0.3) is 5.91 Å². The summed E-state index contributed by atoms with van der Waals surface area (Å²) in [5, 5.41) is 33.8. The molecule has 4 heterocycles. The zero-order valence-corrected chi connectivity index (χ0v) is 21.8. The summed E-state index contributed by atoms with van der Waals surface area (Å²) in [5.74, 6) is 0.592. The van der Waals surface area contributed by atoms with Crippen LogP contribution in [-0.4, -0.2) is 63.2 Å². The van der Waals surface area contributed by atoms with Crippen molar-refractivity contribution in [3.63, 3.8) is 0 Å². The third kappa shape index (κ3) is 4.92. The van der Waals surface area contributed by atoms with E-state index in [0.29, 0.717) is 48.5 Å². The Morgan fingerprint density at radius 3 is 2.84 bits per heavy atom. The highest BCUT2D eigenvalue weighted by Crippen LogP contribution is 2.41. The van der Waals surface area contributed by atoms with Crippen molar-refractivity contribution in [1.82, 2.24) is 25.1 Å². The predicted octanol–water partition coefficient (Wildman–Crippen LogP) is 3.12. The molecule has 1 amide bonds. The first-order chi connectivity index (χ1) is 18.3. The van der Waals surface area contributed by atoms with Crippen molar-refractivity contribution >= 4 is 23.4 Å². The van der Waals surface area contributed by atoms with Gasteiger partial charge in [0, 0.05) is 55.1 Å². The first-order valence-electron chi connectivity index (χ1n) is 12.8. The Bertz CT molecular complexity index is 1390. The van der Waals surface area contributed by atoms with Gasteiger partial charge in [-0.2, -0.15) is 10.4 Å². The highest BCUT2D eigenvalue weighted by Gasteiger charge is 2.36. The summed E-state index contributed by atoms with van der Waals surface area (Å²) in [6, 6.07) is 9.52. The number of carbonyl (C=O) groups excluding carboxylic acids is 1. The molecule has 0 saturated carbocycles. The van der Waals surface area contributed by atoms with Gasteiger partial charge in [-0.15, -0.1) is 0 Å². The minimum Gasteiger partial charge on any atom is -0.395 e. The van der Waals surface area contributed by atoms with Crippen LogP contribution in [0.3, 0.4) is 0 Å². The van der Waals surface area contributed by atoms with Crippen molar-refractivity contribution in [3.8, 4) is 17.3 Å². The lowest BCUT2D eigenvalue weighted by molar-refractivity contribution is 0.0690. The van der Waals surface area contributed by atoms with Crippen LogP contribution in [-0.2, 0) is 10.2 Å². The van der Waals surface area contributed by atoms with Crippen LogP contribution in [0, 0.1) is 11.3 Å². The molecule has 1 atom stereocenters. The Balaban J connectivity index is 1.41. The number of fused-ring (bicyclic) bond motifs is 1. The van der Waals surface area contributed by atoms with Gasteiger partial charge in [-0.3, -0.25) is 9.48 Å². The molecule has 2 aromatic heterocycles. The number of ether oxygens (including phenoxy) is 1. The van der Waals surface area contributed by atoms with Crippen molar-refractivity contribution in [3.05, 3.63) is 47.3 Å². The van der Waals surface area contributed by atoms with Crippen molar-refractivity contribution < 1.29 is 14.6 Å². The maximum absolute atomic E-state index is 13.1. The maximum atomic E-state index is 13.1. The molecule has 1 unspecified atom stereocenters. The number of nitrogens with one attached hydrogen (secondary N) is 3. The predicted molar refractivity (Wildman–Crippen MR) is 142 cm³/mol. The number of anilines is 3. The Kier molecular flexibility index (Phi) is 7.01. The van der Waals surface area contributed by atoms with E-state index in [0.717, 1.165) is 29.7 Å². The number of aliphatic hydroxyl groups excluding tert-OH is 1. The van der Waals surface area contributed by atoms with Crippen LogP contribution >= 0.6 is 0 Å². The second kappa shape index (κ2) is 10.4. The van der Waals surface area contributed by atoms with Gasteiger partial charge in [-0.25, -0.2) is 9.97 Å². The number of aromatic nitrogens is 4. The monoisotopic (exact) mass is 516 g/mol. The molecule has 1 fully saturated rings. The van der Waals surface area contributed by atoms with Crippen molar-refractivity contribution in [2.75, 3.05) is 37.0 Å². The Morgan fingerprint density at radius 2 is 2.13 bits per heavy atom. The number of hydrogen-bond donors (Lipinski definition) is 4. The van der Waals surface area contributed by atoms with Gasteiger partial charge in [0.15, 0.2) is 5.82 Å². The second-order valence-electron chi connectivity index (χ2n) is 10.3. The number of carbonyl (C=O) groups is 1. The number of nitrogens with zero attached hydrogens (tertiary/aromatic N) is 5. The molecule has 3 aromatic rings. The van der Waals surface area contributed by atoms with E-state index >= 15 is 0 Å². The average molecular weight is 517 g/mol. The maximum Gasteiger partial charge on any atom is 0.269 e. The average Bonchev–Trinajstić information content (AvgIpc) is 3.51. The molecule has 0 bridgehead atoms. The molecule has 2 aliphatic heterocycles. The fourth-order valence-electron chi connectivity index (χ4n) is 4.88. The van der Waals surface area contributed by atoms with E-state index in [1.807, 2.05) is 26.8 Å². The van der Waals surface area contributed by atoms with E-state index < -0.39 is 5.41 Å². The van der Waals surface area contributed by atoms with Crippen LogP contribution in [0.2, 0.25) is 0 Å². The van der Waals surface area contributed by atoms with Gasteiger partial charge in [0.1, 0.15) is 11.8 Å². The number of nitriles is 1. The summed E-state index contributed by atoms with van der Waals surface area (Å²) in [5.41, 5.74) is 3.48. The Labute approximate surface area is 221 Å². The molecule has 2 aliphatic rings. The summed E-state index contributed by atoms with van der Waals surface area (Å²) in [6.07, 6.45) is 3.21. The van der Waals surface area contributed by atoms with Crippen LogP contribution in [0.1, 0.15) is 61.3 Å². The van der Waals surface area contributed by atoms with E-state index in [4.69, 9.17) is 4.74 Å². The summed E-state index contributed by atoms with van der Waals surface area (Å²) < 4.78 is 7.07. The van der Waals surface area contributed by atoms with Crippen molar-refractivity contribution in [1.29, 1.82) is 5.26 Å². The highest BCUT2D eigenvalue weighted by atomic mass is 16.5. The van der Waals surface area contributed by atoms with Crippen molar-refractivity contribution in [2.45, 2.75) is 51.1 Å². The minimum atomic E-state index is -0.490. The first kappa shape index (κ1) is 25.6. The van der Waals surface area contributed by atoms with Crippen LogP contribution in [0.15, 0.2) is 30.5 Å². The van der Waals surface area contributed by atoms with Crippen LogP contribution in [0.4, 0.5) is 17.5 Å². The lowest BCUT2D eigenvalue weighted by atomic mass is 9.83. The molecule has 198 valence electrons. The van der Waals surface area contributed by atoms with Crippen LogP contribution < -0.4 is 16.0 Å². The lowest BCUT2D eigenvalue weighted by Gasteiger charge is -2.23. The molecule has 0 spiro atoms. The Hall–Kier alpha value is -4.01. The van der Waals surface area contributed by atoms with Gasteiger partial charge in [0.05, 0.1) is 23.6 Å². The molecule has 11 heteroatoms. The molecular formula is C27H32N8O3. The first-order valence-corrected chi connectivity index (χ1v) is 12.8. The fourth-order valence-corrected chi connectivity index (χ4v) is 4.88. The summed E-state index contributed by atoms with van der Waals surface area (Å²) in [6.45, 7) is 7.70. The number of amides is 1. The molecule has 0 radical (unpaired) electrons. The standard InChI is InChI=1S/C27H32N8O3/c1-16(2)35-22(25(37)31-19-5-8-38-9-6-19)12-23(34-35)33-26-29-7-4-21(32-26)17-10-18(13-28)24-20(11-17)27(3,15-36)14-30-24/h4,7,10-12,16,19,30,36H,5-6,8-9,14-15H2,1-3H3,(H,31,37)(H,29,32,33,34). The van der Waals surface area contributed by atoms with E-state index in [9.17, 15) is 15.2 Å². The largest absolute Gasteiger partial charge is 0.395 e. The highest BCUT2D eigenvalue weighted by molar-refractivity contribution is 5.93. The summed E-state index contributed by atoms with van der Waals surface area (Å²) in [7, 11) is 0. The van der Waals surface area contributed by atoms with E-state index in [1.165, 1.54) is 0 Å². The Morgan fingerprint density at radius 1 is 1.34 bits per heavy atom. The number of aliphatic hydroxyl groups is 1. The molecule has 11 nitrogen and oxygen atoms in total. The van der Waals surface area contributed by atoms with Crippen molar-refractivity contribution in [2.24, 2.45) is 0 Å². The van der Waals surface area contributed by atoms with E-state index in [1.54, 1.807) is 29.1 Å².